The van der Waals surface area contributed by atoms with Crippen molar-refractivity contribution in [2.75, 3.05) is 0 Å². The van der Waals surface area contributed by atoms with Crippen molar-refractivity contribution in [1.29, 1.82) is 0 Å². The molecule has 0 bridgehead atoms. The van der Waals surface area contributed by atoms with Gasteiger partial charge in [-0.05, 0) is 54.4 Å². The average molecular weight is 288 g/mol. The SMILES string of the molecule is CC1CCC(OCc2cccc(C=CC(=O)O)c2)CC1C. The number of carboxylic acid groups (broad SMARTS) is 1. The Morgan fingerprint density at radius 2 is 2.14 bits per heavy atom. The first-order valence-corrected chi connectivity index (χ1v) is 7.66. The maximum Gasteiger partial charge on any atom is 0.328 e. The number of carboxylic acids is 1. The minimum Gasteiger partial charge on any atom is -0.478 e. The fraction of sp³-hybridized carbons (Fsp3) is 0.500. The molecule has 0 aliphatic heterocycles. The van der Waals surface area contributed by atoms with Gasteiger partial charge in [-0.2, -0.15) is 0 Å². The molecule has 114 valence electrons. The lowest BCUT2D eigenvalue weighted by Crippen LogP contribution is -2.26. The molecule has 3 atom stereocenters. The predicted octanol–water partition coefficient (Wildman–Crippen LogP) is 4.13. The Bertz CT molecular complexity index is 507. The molecule has 1 aromatic rings. The highest BCUT2D eigenvalue weighted by Crippen LogP contribution is 2.31. The minimum absolute atomic E-state index is 0.356. The lowest BCUT2D eigenvalue weighted by molar-refractivity contribution is -0.131. The number of rotatable bonds is 5. The minimum atomic E-state index is -0.929. The van der Waals surface area contributed by atoms with Gasteiger partial charge in [0.15, 0.2) is 0 Å². The molecule has 0 amide bonds. The molecule has 21 heavy (non-hydrogen) atoms. The summed E-state index contributed by atoms with van der Waals surface area (Å²) in [7, 11) is 0. The van der Waals surface area contributed by atoms with Crippen molar-refractivity contribution >= 4 is 12.0 Å². The van der Waals surface area contributed by atoms with Gasteiger partial charge in [0.2, 0.25) is 0 Å². The number of hydrogen-bond donors (Lipinski definition) is 1. The van der Waals surface area contributed by atoms with Crippen LogP contribution in [0.2, 0.25) is 0 Å². The smallest absolute Gasteiger partial charge is 0.328 e. The van der Waals surface area contributed by atoms with Crippen molar-refractivity contribution in [2.24, 2.45) is 11.8 Å². The zero-order valence-corrected chi connectivity index (χ0v) is 12.8. The molecule has 1 aromatic carbocycles. The molecule has 1 fully saturated rings. The Labute approximate surface area is 126 Å². The Morgan fingerprint density at radius 1 is 1.33 bits per heavy atom. The van der Waals surface area contributed by atoms with Crippen LogP contribution in [-0.4, -0.2) is 17.2 Å². The van der Waals surface area contributed by atoms with Gasteiger partial charge in [0.05, 0.1) is 12.7 Å². The van der Waals surface area contributed by atoms with Crippen LogP contribution < -0.4 is 0 Å². The second-order valence-electron chi connectivity index (χ2n) is 6.12. The Hall–Kier alpha value is -1.61. The van der Waals surface area contributed by atoms with Crippen LogP contribution >= 0.6 is 0 Å². The van der Waals surface area contributed by atoms with Gasteiger partial charge >= 0.3 is 5.97 Å². The number of hydrogen-bond acceptors (Lipinski definition) is 2. The molecular formula is C18H24O3. The zero-order valence-electron chi connectivity index (χ0n) is 12.8. The molecule has 1 aliphatic rings. The Balaban J connectivity index is 1.88. The predicted molar refractivity (Wildman–Crippen MR) is 83.9 cm³/mol. The molecule has 1 saturated carbocycles. The van der Waals surface area contributed by atoms with Gasteiger partial charge in [-0.15, -0.1) is 0 Å². The molecule has 3 heteroatoms. The van der Waals surface area contributed by atoms with Crippen LogP contribution in [0.3, 0.4) is 0 Å². The molecule has 0 aromatic heterocycles. The second kappa shape index (κ2) is 7.41. The third kappa shape index (κ3) is 5.01. The van der Waals surface area contributed by atoms with Gasteiger partial charge in [0, 0.05) is 6.08 Å². The standard InChI is InChI=1S/C18H24O3/c1-13-6-8-17(10-14(13)2)21-12-16-5-3-4-15(11-16)7-9-18(19)20/h3-5,7,9,11,13-14,17H,6,8,10,12H2,1-2H3,(H,19,20). The van der Waals surface area contributed by atoms with Gasteiger partial charge in [-0.25, -0.2) is 4.79 Å². The first-order valence-electron chi connectivity index (χ1n) is 7.66. The highest BCUT2D eigenvalue weighted by molar-refractivity contribution is 5.85. The van der Waals surface area contributed by atoms with E-state index in [9.17, 15) is 4.79 Å². The van der Waals surface area contributed by atoms with Gasteiger partial charge in [0.1, 0.15) is 0 Å². The fourth-order valence-corrected chi connectivity index (χ4v) is 2.82. The lowest BCUT2D eigenvalue weighted by Gasteiger charge is -2.32. The van der Waals surface area contributed by atoms with Crippen molar-refractivity contribution in [3.63, 3.8) is 0 Å². The molecule has 0 radical (unpaired) electrons. The van der Waals surface area contributed by atoms with E-state index in [1.807, 2.05) is 24.3 Å². The summed E-state index contributed by atoms with van der Waals surface area (Å²) in [6.45, 7) is 5.22. The summed E-state index contributed by atoms with van der Waals surface area (Å²) in [5, 5.41) is 8.65. The molecule has 0 spiro atoms. The van der Waals surface area contributed by atoms with Gasteiger partial charge < -0.3 is 9.84 Å². The van der Waals surface area contributed by atoms with Crippen molar-refractivity contribution in [2.45, 2.75) is 45.8 Å². The van der Waals surface area contributed by atoms with Crippen LogP contribution in [0, 0.1) is 11.8 Å². The third-order valence-corrected chi connectivity index (χ3v) is 4.41. The molecule has 2 rings (SSSR count). The van der Waals surface area contributed by atoms with Crippen LogP contribution in [0.4, 0.5) is 0 Å². The van der Waals surface area contributed by atoms with Crippen molar-refractivity contribution in [3.8, 4) is 0 Å². The Kier molecular flexibility index (Phi) is 5.57. The number of carbonyl (C=O) groups is 1. The van der Waals surface area contributed by atoms with Gasteiger partial charge in [0.25, 0.3) is 0 Å². The first-order chi connectivity index (χ1) is 10.0. The molecule has 3 nitrogen and oxygen atoms in total. The van der Waals surface area contributed by atoms with Crippen molar-refractivity contribution in [1.82, 2.24) is 0 Å². The highest BCUT2D eigenvalue weighted by Gasteiger charge is 2.24. The van der Waals surface area contributed by atoms with Gasteiger partial charge in [-0.1, -0.05) is 32.0 Å². The first kappa shape index (κ1) is 15.8. The number of aliphatic carboxylic acids is 1. The fourth-order valence-electron chi connectivity index (χ4n) is 2.82. The third-order valence-electron chi connectivity index (χ3n) is 4.41. The van der Waals surface area contributed by atoms with Crippen molar-refractivity contribution in [3.05, 3.63) is 41.5 Å². The van der Waals surface area contributed by atoms with Crippen LogP contribution in [0.25, 0.3) is 6.08 Å². The highest BCUT2D eigenvalue weighted by atomic mass is 16.5. The van der Waals surface area contributed by atoms with E-state index in [1.54, 1.807) is 6.08 Å². The molecule has 0 heterocycles. The number of benzene rings is 1. The van der Waals surface area contributed by atoms with E-state index in [2.05, 4.69) is 13.8 Å². The van der Waals surface area contributed by atoms with Crippen LogP contribution in [0.5, 0.6) is 0 Å². The number of ether oxygens (including phenoxy) is 1. The van der Waals surface area contributed by atoms with Crippen LogP contribution in [0.15, 0.2) is 30.3 Å². The summed E-state index contributed by atoms with van der Waals surface area (Å²) in [4.78, 5) is 10.5. The molecular weight excluding hydrogens is 264 g/mol. The quantitative estimate of drug-likeness (QED) is 0.829. The topological polar surface area (TPSA) is 46.5 Å². The monoisotopic (exact) mass is 288 g/mol. The lowest BCUT2D eigenvalue weighted by atomic mass is 9.80. The molecule has 0 saturated heterocycles. The van der Waals surface area contributed by atoms with E-state index < -0.39 is 5.97 Å². The maximum absolute atomic E-state index is 10.5. The van der Waals surface area contributed by atoms with Crippen molar-refractivity contribution < 1.29 is 14.6 Å². The van der Waals surface area contributed by atoms with E-state index in [4.69, 9.17) is 9.84 Å². The van der Waals surface area contributed by atoms with Gasteiger partial charge in [-0.3, -0.25) is 0 Å². The van der Waals surface area contributed by atoms with E-state index in [0.717, 1.165) is 41.9 Å². The Morgan fingerprint density at radius 3 is 2.86 bits per heavy atom. The maximum atomic E-state index is 10.5. The second-order valence-corrected chi connectivity index (χ2v) is 6.12. The summed E-state index contributed by atoms with van der Waals surface area (Å²) in [6.07, 6.45) is 6.65. The summed E-state index contributed by atoms with van der Waals surface area (Å²) in [6, 6.07) is 7.83. The van der Waals surface area contributed by atoms with E-state index in [-0.39, 0.29) is 0 Å². The average Bonchev–Trinajstić information content (AvgIpc) is 2.47. The summed E-state index contributed by atoms with van der Waals surface area (Å²) in [5.74, 6) is 0.602. The van der Waals surface area contributed by atoms with E-state index in [0.29, 0.717) is 12.7 Å². The zero-order chi connectivity index (χ0) is 15.2. The van der Waals surface area contributed by atoms with Crippen LogP contribution in [0.1, 0.15) is 44.2 Å². The summed E-state index contributed by atoms with van der Waals surface area (Å²) >= 11 is 0. The van der Waals surface area contributed by atoms with E-state index >= 15 is 0 Å². The molecule has 1 N–H and O–H groups in total. The van der Waals surface area contributed by atoms with Crippen LogP contribution in [-0.2, 0) is 16.1 Å². The molecule has 1 aliphatic carbocycles. The summed E-state index contributed by atoms with van der Waals surface area (Å²) in [5.41, 5.74) is 1.98. The largest absolute Gasteiger partial charge is 0.478 e. The van der Waals surface area contributed by atoms with E-state index in [1.165, 1.54) is 6.42 Å². The molecule has 3 unspecified atom stereocenters. The summed E-state index contributed by atoms with van der Waals surface area (Å²) < 4.78 is 6.03. The normalized spacial score (nSPS) is 26.1.